The summed E-state index contributed by atoms with van der Waals surface area (Å²) in [7, 11) is 1.75. The minimum atomic E-state index is -0.193. The molecule has 0 atom stereocenters. The standard InChI is InChI=1S/C23H23FN4O/c1-26(18-7-3-2-4-8-18)23(29)21-17-19(11-12-25-21)27-13-15-28(16-14-27)22-10-6-5-9-20(22)24/h2-12,17H,13-16H2,1H3. The maximum atomic E-state index is 14.0. The molecular weight excluding hydrogens is 367 g/mol. The van der Waals surface area contributed by atoms with Crippen LogP contribution in [0, 0.1) is 5.82 Å². The molecule has 0 aliphatic carbocycles. The Morgan fingerprint density at radius 2 is 1.59 bits per heavy atom. The number of hydrogen-bond acceptors (Lipinski definition) is 4. The SMILES string of the molecule is CN(C(=O)c1cc(N2CCN(c3ccccc3F)CC2)ccn1)c1ccccc1. The van der Waals surface area contributed by atoms with Crippen LogP contribution in [0.2, 0.25) is 0 Å². The van der Waals surface area contributed by atoms with E-state index >= 15 is 0 Å². The summed E-state index contributed by atoms with van der Waals surface area (Å²) in [5.74, 6) is -0.343. The summed E-state index contributed by atoms with van der Waals surface area (Å²) in [5.41, 5.74) is 2.83. The molecule has 1 aliphatic rings. The molecule has 1 fully saturated rings. The number of aromatic nitrogens is 1. The molecule has 2 heterocycles. The van der Waals surface area contributed by atoms with Gasteiger partial charge in [-0.1, -0.05) is 30.3 Å². The summed E-state index contributed by atoms with van der Waals surface area (Å²) < 4.78 is 14.0. The lowest BCUT2D eigenvalue weighted by atomic mass is 10.2. The van der Waals surface area contributed by atoms with Crippen LogP contribution in [0.5, 0.6) is 0 Å². The summed E-state index contributed by atoms with van der Waals surface area (Å²) in [6.07, 6.45) is 1.67. The predicted molar refractivity (Wildman–Crippen MR) is 114 cm³/mol. The third-order valence-electron chi connectivity index (χ3n) is 5.25. The number of piperazine rings is 1. The fourth-order valence-electron chi connectivity index (χ4n) is 3.59. The Morgan fingerprint density at radius 3 is 2.31 bits per heavy atom. The Morgan fingerprint density at radius 1 is 0.931 bits per heavy atom. The van der Waals surface area contributed by atoms with Gasteiger partial charge >= 0.3 is 0 Å². The van der Waals surface area contributed by atoms with Gasteiger partial charge in [0, 0.05) is 50.8 Å². The van der Waals surface area contributed by atoms with Gasteiger partial charge in [0.05, 0.1) is 5.69 Å². The minimum Gasteiger partial charge on any atom is -0.368 e. The predicted octanol–water partition coefficient (Wildman–Crippen LogP) is 3.82. The molecule has 3 aromatic rings. The van der Waals surface area contributed by atoms with E-state index in [0.29, 0.717) is 11.4 Å². The van der Waals surface area contributed by atoms with Gasteiger partial charge in [-0.25, -0.2) is 4.39 Å². The average Bonchev–Trinajstić information content (AvgIpc) is 2.79. The summed E-state index contributed by atoms with van der Waals surface area (Å²) in [6.45, 7) is 2.94. The zero-order valence-corrected chi connectivity index (χ0v) is 16.3. The Labute approximate surface area is 170 Å². The van der Waals surface area contributed by atoms with Crippen LogP contribution in [0.15, 0.2) is 72.9 Å². The van der Waals surface area contributed by atoms with Crippen molar-refractivity contribution in [3.63, 3.8) is 0 Å². The highest BCUT2D eigenvalue weighted by Gasteiger charge is 2.21. The highest BCUT2D eigenvalue weighted by atomic mass is 19.1. The van der Waals surface area contributed by atoms with Crippen molar-refractivity contribution >= 4 is 23.0 Å². The Balaban J connectivity index is 1.46. The quantitative estimate of drug-likeness (QED) is 0.679. The van der Waals surface area contributed by atoms with Crippen molar-refractivity contribution in [2.24, 2.45) is 0 Å². The largest absolute Gasteiger partial charge is 0.368 e. The molecule has 5 nitrogen and oxygen atoms in total. The van der Waals surface area contributed by atoms with E-state index < -0.39 is 0 Å². The van der Waals surface area contributed by atoms with Gasteiger partial charge in [-0.3, -0.25) is 9.78 Å². The second-order valence-corrected chi connectivity index (χ2v) is 7.02. The molecule has 2 aromatic carbocycles. The zero-order chi connectivity index (χ0) is 20.2. The van der Waals surface area contributed by atoms with Gasteiger partial charge in [0.1, 0.15) is 11.5 Å². The molecular formula is C23H23FN4O. The van der Waals surface area contributed by atoms with E-state index in [1.807, 2.05) is 54.6 Å². The smallest absolute Gasteiger partial charge is 0.276 e. The number of rotatable bonds is 4. The number of para-hydroxylation sites is 2. The molecule has 1 amide bonds. The van der Waals surface area contributed by atoms with E-state index in [9.17, 15) is 9.18 Å². The van der Waals surface area contributed by atoms with E-state index in [1.54, 1.807) is 24.2 Å². The van der Waals surface area contributed by atoms with E-state index in [4.69, 9.17) is 0 Å². The van der Waals surface area contributed by atoms with Crippen LogP contribution in [-0.4, -0.2) is 44.1 Å². The average molecular weight is 390 g/mol. The van der Waals surface area contributed by atoms with Crippen molar-refractivity contribution in [3.8, 4) is 0 Å². The van der Waals surface area contributed by atoms with Gasteiger partial charge in [-0.15, -0.1) is 0 Å². The van der Waals surface area contributed by atoms with Gasteiger partial charge in [-0.05, 0) is 36.4 Å². The van der Waals surface area contributed by atoms with Crippen molar-refractivity contribution in [1.82, 2.24) is 4.98 Å². The maximum Gasteiger partial charge on any atom is 0.276 e. The number of nitrogens with zero attached hydrogens (tertiary/aromatic N) is 4. The zero-order valence-electron chi connectivity index (χ0n) is 16.3. The maximum absolute atomic E-state index is 14.0. The molecule has 0 bridgehead atoms. The number of hydrogen-bond donors (Lipinski definition) is 0. The highest BCUT2D eigenvalue weighted by molar-refractivity contribution is 6.04. The topological polar surface area (TPSA) is 39.7 Å². The second kappa shape index (κ2) is 8.31. The van der Waals surface area contributed by atoms with Crippen LogP contribution in [-0.2, 0) is 0 Å². The molecule has 1 aromatic heterocycles. The molecule has 1 saturated heterocycles. The first kappa shape index (κ1) is 18.9. The summed E-state index contributed by atoms with van der Waals surface area (Å²) in [6, 6.07) is 20.1. The number of pyridine rings is 1. The lowest BCUT2D eigenvalue weighted by Crippen LogP contribution is -2.46. The number of anilines is 3. The van der Waals surface area contributed by atoms with Crippen LogP contribution in [0.25, 0.3) is 0 Å². The highest BCUT2D eigenvalue weighted by Crippen LogP contribution is 2.23. The normalized spacial score (nSPS) is 14.0. The Kier molecular flexibility index (Phi) is 5.42. The first-order valence-electron chi connectivity index (χ1n) is 9.67. The van der Waals surface area contributed by atoms with Crippen molar-refractivity contribution in [1.29, 1.82) is 0 Å². The lowest BCUT2D eigenvalue weighted by molar-refractivity contribution is 0.0988. The fourth-order valence-corrected chi connectivity index (χ4v) is 3.59. The summed E-state index contributed by atoms with van der Waals surface area (Å²) in [5, 5.41) is 0. The number of amides is 1. The fraction of sp³-hybridized carbons (Fsp3) is 0.217. The van der Waals surface area contributed by atoms with Gasteiger partial charge in [0.25, 0.3) is 5.91 Å². The van der Waals surface area contributed by atoms with Gasteiger partial charge in [-0.2, -0.15) is 0 Å². The molecule has 0 radical (unpaired) electrons. The van der Waals surface area contributed by atoms with Crippen LogP contribution < -0.4 is 14.7 Å². The van der Waals surface area contributed by atoms with Crippen LogP contribution in [0.3, 0.4) is 0 Å². The Bertz CT molecular complexity index is 987. The third kappa shape index (κ3) is 4.06. The molecule has 148 valence electrons. The third-order valence-corrected chi connectivity index (χ3v) is 5.25. The molecule has 0 spiro atoms. The summed E-state index contributed by atoms with van der Waals surface area (Å²) >= 11 is 0. The van der Waals surface area contributed by atoms with Crippen LogP contribution in [0.4, 0.5) is 21.5 Å². The van der Waals surface area contributed by atoms with Gasteiger partial charge in [0.15, 0.2) is 0 Å². The summed E-state index contributed by atoms with van der Waals surface area (Å²) in [4.78, 5) is 23.0. The molecule has 1 aliphatic heterocycles. The van der Waals surface area contributed by atoms with E-state index in [1.165, 1.54) is 6.07 Å². The number of carbonyl (C=O) groups is 1. The number of halogens is 1. The van der Waals surface area contributed by atoms with E-state index in [-0.39, 0.29) is 11.7 Å². The monoisotopic (exact) mass is 390 g/mol. The van der Waals surface area contributed by atoms with Crippen molar-refractivity contribution in [3.05, 3.63) is 84.4 Å². The number of benzene rings is 2. The molecule has 0 N–H and O–H groups in total. The van der Waals surface area contributed by atoms with Crippen molar-refractivity contribution < 1.29 is 9.18 Å². The molecule has 0 unspecified atom stereocenters. The van der Waals surface area contributed by atoms with Gasteiger partial charge in [0.2, 0.25) is 0 Å². The van der Waals surface area contributed by atoms with Crippen molar-refractivity contribution in [2.45, 2.75) is 0 Å². The first-order valence-corrected chi connectivity index (χ1v) is 9.67. The van der Waals surface area contributed by atoms with Crippen LogP contribution in [0.1, 0.15) is 10.5 Å². The second-order valence-electron chi connectivity index (χ2n) is 7.02. The molecule has 29 heavy (non-hydrogen) atoms. The van der Waals surface area contributed by atoms with Gasteiger partial charge < -0.3 is 14.7 Å². The molecule has 4 rings (SSSR count). The minimum absolute atomic E-state index is 0.150. The van der Waals surface area contributed by atoms with Crippen LogP contribution >= 0.6 is 0 Å². The first-order chi connectivity index (χ1) is 14.1. The van der Waals surface area contributed by atoms with E-state index in [0.717, 1.165) is 37.6 Å². The van der Waals surface area contributed by atoms with Crippen molar-refractivity contribution in [2.75, 3.05) is 47.9 Å². The van der Waals surface area contributed by atoms with E-state index in [2.05, 4.69) is 14.8 Å². The molecule has 0 saturated carbocycles. The lowest BCUT2D eigenvalue weighted by Gasteiger charge is -2.37. The Hall–Kier alpha value is -3.41. The number of carbonyl (C=O) groups excluding carboxylic acids is 1. The molecule has 6 heteroatoms.